The van der Waals surface area contributed by atoms with Gasteiger partial charge in [-0.2, -0.15) is 0 Å². The maximum Gasteiger partial charge on any atom is 0.123 e. The Morgan fingerprint density at radius 1 is 1.23 bits per heavy atom. The van der Waals surface area contributed by atoms with Crippen molar-refractivity contribution in [1.29, 1.82) is 0 Å². The van der Waals surface area contributed by atoms with Crippen LogP contribution in [0.5, 0.6) is 0 Å². The van der Waals surface area contributed by atoms with Crippen molar-refractivity contribution in [3.63, 3.8) is 0 Å². The first kappa shape index (κ1) is 9.54. The van der Waals surface area contributed by atoms with E-state index < -0.39 is 0 Å². The predicted molar refractivity (Wildman–Crippen MR) is 52.9 cm³/mol. The van der Waals surface area contributed by atoms with Crippen LogP contribution >= 0.6 is 0 Å². The number of hydrogen-bond acceptors (Lipinski definition) is 1. The number of hydrogen-bond donors (Lipinski definition) is 0. The Morgan fingerprint density at radius 2 is 2.00 bits per heavy atom. The molecule has 1 aromatic carbocycles. The Balaban J connectivity index is 2.35. The average Bonchev–Trinajstić information content (AvgIpc) is 2.19. The van der Waals surface area contributed by atoms with Crippen LogP contribution in [0.1, 0.15) is 18.4 Å². The van der Waals surface area contributed by atoms with Gasteiger partial charge in [-0.3, -0.25) is 0 Å². The summed E-state index contributed by atoms with van der Waals surface area (Å²) < 4.78 is 0. The van der Waals surface area contributed by atoms with Crippen molar-refractivity contribution in [2.24, 2.45) is 0 Å². The fourth-order valence-electron chi connectivity index (χ4n) is 0.910. The minimum absolute atomic E-state index is 0.739. The van der Waals surface area contributed by atoms with Crippen LogP contribution < -0.4 is 0 Å². The van der Waals surface area contributed by atoms with Crippen molar-refractivity contribution in [3.8, 4) is 11.8 Å². The second-order valence-electron chi connectivity index (χ2n) is 2.58. The summed E-state index contributed by atoms with van der Waals surface area (Å²) in [7, 11) is 0. The maximum absolute atomic E-state index is 9.93. The average molecular weight is 171 g/mol. The molecule has 0 aromatic heterocycles. The van der Waals surface area contributed by atoms with E-state index in [9.17, 15) is 4.79 Å². The van der Waals surface area contributed by atoms with E-state index >= 15 is 0 Å². The molecule has 65 valence electrons. The summed E-state index contributed by atoms with van der Waals surface area (Å²) in [4.78, 5) is 9.93. The highest BCUT2D eigenvalue weighted by Gasteiger charge is 1.83. The fraction of sp³-hybridized carbons (Fsp3) is 0.167. The highest BCUT2D eigenvalue weighted by molar-refractivity contribution is 5.60. The lowest BCUT2D eigenvalue weighted by Gasteiger charge is -1.86. The molecule has 1 nitrogen and oxygen atoms in total. The number of unbranched alkanes of at least 4 members (excludes halogenated alkanes) is 2. The molecule has 0 aliphatic heterocycles. The minimum Gasteiger partial charge on any atom is -0.303 e. The summed E-state index contributed by atoms with van der Waals surface area (Å²) in [6, 6.07) is 9.82. The molecule has 0 aliphatic carbocycles. The van der Waals surface area contributed by atoms with Gasteiger partial charge >= 0.3 is 0 Å². The van der Waals surface area contributed by atoms with Gasteiger partial charge in [0.05, 0.1) is 0 Å². The number of rotatable bonds is 3. The van der Waals surface area contributed by atoms with Crippen molar-refractivity contribution in [3.05, 3.63) is 42.3 Å². The molecule has 1 aromatic rings. The van der Waals surface area contributed by atoms with Gasteiger partial charge in [-0.1, -0.05) is 30.0 Å². The van der Waals surface area contributed by atoms with Gasteiger partial charge in [-0.05, 0) is 18.6 Å². The van der Waals surface area contributed by atoms with Gasteiger partial charge < -0.3 is 4.79 Å². The maximum atomic E-state index is 9.93. The standard InChI is InChI=1S/C12H11O/c13-11-7-2-1-4-8-12-9-5-3-6-10-12/h3,5-7,9-11H,1-2H2. The summed E-state index contributed by atoms with van der Waals surface area (Å²) in [6.07, 6.45) is 3.88. The second kappa shape index (κ2) is 6.02. The molecule has 0 saturated heterocycles. The summed E-state index contributed by atoms with van der Waals surface area (Å²) in [5, 5.41) is 0. The van der Waals surface area contributed by atoms with Gasteiger partial charge in [-0.15, -0.1) is 0 Å². The van der Waals surface area contributed by atoms with Crippen molar-refractivity contribution < 1.29 is 4.79 Å². The fourth-order valence-corrected chi connectivity index (χ4v) is 0.910. The monoisotopic (exact) mass is 171 g/mol. The summed E-state index contributed by atoms with van der Waals surface area (Å²) >= 11 is 0. The van der Waals surface area contributed by atoms with Crippen molar-refractivity contribution in [2.75, 3.05) is 0 Å². The predicted octanol–water partition coefficient (Wildman–Crippen LogP) is 2.22. The molecule has 0 N–H and O–H groups in total. The Bertz CT molecular complexity index is 303. The number of carbonyl (C=O) groups is 1. The van der Waals surface area contributed by atoms with Gasteiger partial charge in [0.1, 0.15) is 6.29 Å². The largest absolute Gasteiger partial charge is 0.303 e. The third kappa shape index (κ3) is 4.12. The van der Waals surface area contributed by atoms with Gasteiger partial charge in [-0.25, -0.2) is 0 Å². The first-order valence-corrected chi connectivity index (χ1v) is 4.24. The van der Waals surface area contributed by atoms with E-state index in [0.717, 1.165) is 24.7 Å². The van der Waals surface area contributed by atoms with Crippen LogP contribution in [0.25, 0.3) is 0 Å². The molecule has 13 heavy (non-hydrogen) atoms. The number of benzene rings is 1. The van der Waals surface area contributed by atoms with E-state index in [1.54, 1.807) is 6.42 Å². The smallest absolute Gasteiger partial charge is 0.123 e. The van der Waals surface area contributed by atoms with E-state index in [1.165, 1.54) is 0 Å². The van der Waals surface area contributed by atoms with E-state index in [1.807, 2.05) is 30.3 Å². The molecular formula is C12H11O. The first-order chi connectivity index (χ1) is 6.43. The van der Waals surface area contributed by atoms with E-state index in [0.29, 0.717) is 0 Å². The molecule has 0 heterocycles. The minimum atomic E-state index is 0.739. The molecule has 0 spiro atoms. The topological polar surface area (TPSA) is 17.1 Å². The molecular weight excluding hydrogens is 160 g/mol. The zero-order chi connectivity index (χ0) is 9.36. The van der Waals surface area contributed by atoms with Crippen LogP contribution in [0, 0.1) is 18.3 Å². The third-order valence-electron chi connectivity index (χ3n) is 1.54. The Labute approximate surface area is 78.8 Å². The first-order valence-electron chi connectivity index (χ1n) is 4.24. The van der Waals surface area contributed by atoms with Crippen LogP contribution in [0.3, 0.4) is 0 Å². The lowest BCUT2D eigenvalue weighted by Crippen LogP contribution is -1.76. The van der Waals surface area contributed by atoms with Crippen LogP contribution in [0.4, 0.5) is 0 Å². The lowest BCUT2D eigenvalue weighted by atomic mass is 10.2. The normalized spacial score (nSPS) is 8.62. The molecule has 0 fully saturated rings. The van der Waals surface area contributed by atoms with Gasteiger partial charge in [0, 0.05) is 18.4 Å². The summed E-state index contributed by atoms with van der Waals surface area (Å²) in [5.41, 5.74) is 1.02. The molecule has 0 saturated carbocycles. The van der Waals surface area contributed by atoms with Gasteiger partial charge in [0.15, 0.2) is 0 Å². The van der Waals surface area contributed by atoms with Crippen LogP contribution in [0.15, 0.2) is 30.3 Å². The molecule has 0 amide bonds. The zero-order valence-electron chi connectivity index (χ0n) is 7.36. The molecule has 0 atom stereocenters. The molecule has 0 bridgehead atoms. The van der Waals surface area contributed by atoms with Crippen molar-refractivity contribution >= 4 is 6.29 Å². The quantitative estimate of drug-likeness (QED) is 0.387. The second-order valence-corrected chi connectivity index (χ2v) is 2.58. The zero-order valence-corrected chi connectivity index (χ0v) is 7.36. The van der Waals surface area contributed by atoms with Gasteiger partial charge in [0.25, 0.3) is 0 Å². The Hall–Kier alpha value is -1.55. The highest BCUT2D eigenvalue weighted by atomic mass is 16.1. The molecule has 1 rings (SSSR count). The summed E-state index contributed by atoms with van der Waals surface area (Å²) in [5.74, 6) is 6.01. The molecule has 0 unspecified atom stereocenters. The number of carbonyl (C=O) groups excluding carboxylic acids is 1. The highest BCUT2D eigenvalue weighted by Crippen LogP contribution is 1.96. The summed E-state index contributed by atoms with van der Waals surface area (Å²) in [6.45, 7) is 0. The van der Waals surface area contributed by atoms with Crippen LogP contribution in [0.2, 0.25) is 0 Å². The van der Waals surface area contributed by atoms with E-state index in [2.05, 4.69) is 11.8 Å². The molecule has 1 heteroatoms. The third-order valence-corrected chi connectivity index (χ3v) is 1.54. The van der Waals surface area contributed by atoms with Crippen LogP contribution in [-0.4, -0.2) is 6.29 Å². The number of aldehydes is 1. The Morgan fingerprint density at radius 3 is 2.69 bits per heavy atom. The van der Waals surface area contributed by atoms with E-state index in [-0.39, 0.29) is 0 Å². The lowest BCUT2D eigenvalue weighted by molar-refractivity contribution is -0.105. The van der Waals surface area contributed by atoms with Gasteiger partial charge in [0.2, 0.25) is 0 Å². The van der Waals surface area contributed by atoms with Crippen molar-refractivity contribution in [2.45, 2.75) is 12.8 Å². The molecule has 1 radical (unpaired) electrons. The van der Waals surface area contributed by atoms with Crippen LogP contribution in [-0.2, 0) is 4.79 Å². The Kier molecular flexibility index (Phi) is 4.42. The molecule has 0 aliphatic rings. The van der Waals surface area contributed by atoms with E-state index in [4.69, 9.17) is 0 Å². The SMILES string of the molecule is O=C[CH]CCC#Cc1ccccc1. The van der Waals surface area contributed by atoms with Crippen molar-refractivity contribution in [1.82, 2.24) is 0 Å².